The molecular formula is C10H12ClFN2O3. The molecule has 0 saturated carbocycles. The lowest BCUT2D eigenvalue weighted by molar-refractivity contribution is -0.119. The Labute approximate surface area is 102 Å². The second kappa shape index (κ2) is 5.20. The average Bonchev–Trinajstić information content (AvgIpc) is 2.29. The zero-order valence-corrected chi connectivity index (χ0v) is 10.0. The first-order chi connectivity index (χ1) is 7.93. The molecule has 5 nitrogen and oxygen atoms in total. The number of ether oxygens (including phenoxy) is 2. The Balaban J connectivity index is 3.45. The molecule has 0 fully saturated rings. The molecule has 4 N–H and O–H groups in total. The summed E-state index contributed by atoms with van der Waals surface area (Å²) in [7, 11) is 2.56. The average molecular weight is 263 g/mol. The van der Waals surface area contributed by atoms with Gasteiger partial charge in [0.1, 0.15) is 6.04 Å². The van der Waals surface area contributed by atoms with E-state index in [1.54, 1.807) is 0 Å². The van der Waals surface area contributed by atoms with Crippen LogP contribution in [0.3, 0.4) is 0 Å². The Bertz CT molecular complexity index is 454. The van der Waals surface area contributed by atoms with E-state index in [0.717, 1.165) is 6.07 Å². The summed E-state index contributed by atoms with van der Waals surface area (Å²) in [6.07, 6.45) is 0. The molecule has 0 aromatic heterocycles. The zero-order valence-electron chi connectivity index (χ0n) is 9.29. The van der Waals surface area contributed by atoms with Crippen LogP contribution in [0.5, 0.6) is 11.5 Å². The first kappa shape index (κ1) is 13.5. The minimum absolute atomic E-state index is 0.00273. The van der Waals surface area contributed by atoms with Gasteiger partial charge in [-0.25, -0.2) is 4.39 Å². The number of benzene rings is 1. The number of primary amides is 1. The van der Waals surface area contributed by atoms with Gasteiger partial charge in [0.15, 0.2) is 17.3 Å². The lowest BCUT2D eigenvalue weighted by Gasteiger charge is -2.16. The number of carbonyl (C=O) groups is 1. The standard InChI is InChI=1S/C10H12ClFN2O3/c1-16-8-5(12)3-4(7(13)10(14)15)6(11)9(8)17-2/h3,7H,13H2,1-2H3,(H2,14,15). The van der Waals surface area contributed by atoms with E-state index in [0.29, 0.717) is 0 Å². The number of methoxy groups -OCH3 is 2. The summed E-state index contributed by atoms with van der Waals surface area (Å²) in [6, 6.07) is -0.212. The fourth-order valence-corrected chi connectivity index (χ4v) is 1.69. The number of hydrogen-bond acceptors (Lipinski definition) is 4. The molecular weight excluding hydrogens is 251 g/mol. The molecule has 1 unspecified atom stereocenters. The van der Waals surface area contributed by atoms with Crippen molar-refractivity contribution in [1.29, 1.82) is 0 Å². The third-order valence-electron chi connectivity index (χ3n) is 2.21. The molecule has 0 aliphatic rings. The van der Waals surface area contributed by atoms with Crippen LogP contribution in [-0.2, 0) is 4.79 Å². The second-order valence-electron chi connectivity index (χ2n) is 3.21. The van der Waals surface area contributed by atoms with E-state index in [4.69, 9.17) is 32.5 Å². The molecule has 1 atom stereocenters. The van der Waals surface area contributed by atoms with Crippen molar-refractivity contribution in [2.75, 3.05) is 14.2 Å². The quantitative estimate of drug-likeness (QED) is 0.847. The highest BCUT2D eigenvalue weighted by atomic mass is 35.5. The first-order valence-electron chi connectivity index (χ1n) is 4.58. The monoisotopic (exact) mass is 262 g/mol. The predicted octanol–water partition coefficient (Wildman–Crippen LogP) is 0.981. The Kier molecular flexibility index (Phi) is 4.14. The minimum Gasteiger partial charge on any atom is -0.491 e. The van der Waals surface area contributed by atoms with E-state index in [1.165, 1.54) is 14.2 Å². The number of halogens is 2. The summed E-state index contributed by atoms with van der Waals surface area (Å²) in [5.41, 5.74) is 10.6. The first-order valence-corrected chi connectivity index (χ1v) is 4.96. The molecule has 1 amide bonds. The summed E-state index contributed by atoms with van der Waals surface area (Å²) in [5.74, 6) is -1.74. The highest BCUT2D eigenvalue weighted by Crippen LogP contribution is 2.41. The number of nitrogens with two attached hydrogens (primary N) is 2. The Morgan fingerprint density at radius 1 is 1.41 bits per heavy atom. The molecule has 17 heavy (non-hydrogen) atoms. The Morgan fingerprint density at radius 2 is 1.94 bits per heavy atom. The number of hydrogen-bond donors (Lipinski definition) is 2. The van der Waals surface area contributed by atoms with Crippen LogP contribution in [0.1, 0.15) is 11.6 Å². The third kappa shape index (κ3) is 2.42. The molecule has 1 rings (SSSR count). The van der Waals surface area contributed by atoms with Crippen LogP contribution in [-0.4, -0.2) is 20.1 Å². The maximum Gasteiger partial charge on any atom is 0.238 e. The molecule has 0 aliphatic carbocycles. The van der Waals surface area contributed by atoms with Gasteiger partial charge in [-0.3, -0.25) is 4.79 Å². The molecule has 0 bridgehead atoms. The van der Waals surface area contributed by atoms with Crippen molar-refractivity contribution in [3.8, 4) is 11.5 Å². The molecule has 0 heterocycles. The van der Waals surface area contributed by atoms with Crippen molar-refractivity contribution < 1.29 is 18.7 Å². The van der Waals surface area contributed by atoms with Crippen molar-refractivity contribution in [2.45, 2.75) is 6.04 Å². The van der Waals surface area contributed by atoms with Gasteiger partial charge in [-0.1, -0.05) is 11.6 Å². The van der Waals surface area contributed by atoms with Gasteiger partial charge in [0.2, 0.25) is 5.91 Å². The van der Waals surface area contributed by atoms with Gasteiger partial charge < -0.3 is 20.9 Å². The largest absolute Gasteiger partial charge is 0.491 e. The van der Waals surface area contributed by atoms with Gasteiger partial charge in [-0.15, -0.1) is 0 Å². The van der Waals surface area contributed by atoms with Crippen LogP contribution in [0.2, 0.25) is 5.02 Å². The molecule has 94 valence electrons. The lowest BCUT2D eigenvalue weighted by atomic mass is 10.1. The fourth-order valence-electron chi connectivity index (χ4n) is 1.36. The molecule has 7 heteroatoms. The van der Waals surface area contributed by atoms with E-state index in [9.17, 15) is 9.18 Å². The number of carbonyl (C=O) groups excluding carboxylic acids is 1. The van der Waals surface area contributed by atoms with Gasteiger partial charge in [-0.05, 0) is 6.07 Å². The SMILES string of the molecule is COc1c(F)cc(C(N)C(N)=O)c(Cl)c1OC. The van der Waals surface area contributed by atoms with Crippen molar-refractivity contribution >= 4 is 17.5 Å². The fraction of sp³-hybridized carbons (Fsp3) is 0.300. The highest BCUT2D eigenvalue weighted by Gasteiger charge is 2.24. The molecule has 0 radical (unpaired) electrons. The molecule has 1 aromatic carbocycles. The lowest BCUT2D eigenvalue weighted by Crippen LogP contribution is -2.28. The van der Waals surface area contributed by atoms with E-state index in [-0.39, 0.29) is 22.1 Å². The van der Waals surface area contributed by atoms with E-state index in [2.05, 4.69) is 0 Å². The van der Waals surface area contributed by atoms with Gasteiger partial charge >= 0.3 is 0 Å². The van der Waals surface area contributed by atoms with Crippen molar-refractivity contribution in [2.24, 2.45) is 11.5 Å². The number of amides is 1. The Hall–Kier alpha value is -1.53. The van der Waals surface area contributed by atoms with E-state index >= 15 is 0 Å². The number of rotatable bonds is 4. The van der Waals surface area contributed by atoms with Gasteiger partial charge in [-0.2, -0.15) is 0 Å². The summed E-state index contributed by atoms with van der Waals surface area (Å²) in [5, 5.41) is -0.00273. The van der Waals surface area contributed by atoms with Crippen molar-refractivity contribution in [1.82, 2.24) is 0 Å². The van der Waals surface area contributed by atoms with Gasteiger partial charge in [0.05, 0.1) is 19.2 Å². The van der Waals surface area contributed by atoms with Gasteiger partial charge in [0.25, 0.3) is 0 Å². The maximum atomic E-state index is 13.6. The Morgan fingerprint density at radius 3 is 2.35 bits per heavy atom. The summed E-state index contributed by atoms with van der Waals surface area (Å²) < 4.78 is 23.3. The van der Waals surface area contributed by atoms with Gasteiger partial charge in [0, 0.05) is 5.56 Å². The highest BCUT2D eigenvalue weighted by molar-refractivity contribution is 6.33. The molecule has 0 aliphatic heterocycles. The topological polar surface area (TPSA) is 87.6 Å². The summed E-state index contributed by atoms with van der Waals surface area (Å²) in [6.45, 7) is 0. The van der Waals surface area contributed by atoms with Crippen LogP contribution in [0, 0.1) is 5.82 Å². The second-order valence-corrected chi connectivity index (χ2v) is 3.59. The van der Waals surface area contributed by atoms with Crippen molar-refractivity contribution in [3.05, 3.63) is 22.5 Å². The van der Waals surface area contributed by atoms with E-state index < -0.39 is 17.8 Å². The predicted molar refractivity (Wildman–Crippen MR) is 60.6 cm³/mol. The van der Waals surface area contributed by atoms with Crippen LogP contribution in [0.25, 0.3) is 0 Å². The van der Waals surface area contributed by atoms with E-state index in [1.807, 2.05) is 0 Å². The van der Waals surface area contributed by atoms with Crippen LogP contribution < -0.4 is 20.9 Å². The summed E-state index contributed by atoms with van der Waals surface area (Å²) >= 11 is 5.94. The van der Waals surface area contributed by atoms with Crippen LogP contribution in [0.4, 0.5) is 4.39 Å². The molecule has 0 spiro atoms. The molecule has 1 aromatic rings. The van der Waals surface area contributed by atoms with Crippen LogP contribution in [0.15, 0.2) is 6.07 Å². The zero-order chi connectivity index (χ0) is 13.2. The summed E-state index contributed by atoms with van der Waals surface area (Å²) in [4.78, 5) is 11.0. The van der Waals surface area contributed by atoms with Crippen LogP contribution >= 0.6 is 11.6 Å². The van der Waals surface area contributed by atoms with Crippen molar-refractivity contribution in [3.63, 3.8) is 0 Å². The molecule has 0 saturated heterocycles. The third-order valence-corrected chi connectivity index (χ3v) is 2.60. The minimum atomic E-state index is -1.21. The smallest absolute Gasteiger partial charge is 0.238 e. The normalized spacial score (nSPS) is 12.1. The maximum absolute atomic E-state index is 13.6.